The number of benzene rings is 2. The number of anilines is 2. The van der Waals surface area contributed by atoms with Gasteiger partial charge < -0.3 is 15.0 Å². The van der Waals surface area contributed by atoms with Gasteiger partial charge in [0.15, 0.2) is 0 Å². The van der Waals surface area contributed by atoms with E-state index in [9.17, 15) is 9.18 Å². The molecule has 142 valence electrons. The number of halogens is 1. The van der Waals surface area contributed by atoms with E-state index in [1.54, 1.807) is 24.3 Å². The van der Waals surface area contributed by atoms with E-state index in [4.69, 9.17) is 4.74 Å². The number of aromatic nitrogens is 3. The van der Waals surface area contributed by atoms with E-state index in [0.717, 1.165) is 15.6 Å². The van der Waals surface area contributed by atoms with Gasteiger partial charge in [-0.2, -0.15) is 4.98 Å². The number of pyridine rings is 1. The number of ether oxygens (including phenoxy) is 1. The quantitative estimate of drug-likeness (QED) is 0.430. The molecule has 0 unspecified atom stereocenters. The standard InChI is InChI=1S/C21H13FN4O2S/c22-13-3-5-14(6-4-13)23-21-25-16-9-10-29-19(16)20(26-21)28-15-7-1-12-2-8-18(27)24-17(12)11-15/h1-11H,(H,24,27)(H,23,25,26). The van der Waals surface area contributed by atoms with Crippen LogP contribution in [0.15, 0.2) is 70.8 Å². The summed E-state index contributed by atoms with van der Waals surface area (Å²) in [6, 6.07) is 16.5. The van der Waals surface area contributed by atoms with Crippen LogP contribution in [0.5, 0.6) is 11.6 Å². The third-order valence-corrected chi connectivity index (χ3v) is 5.18. The molecule has 6 nitrogen and oxygen atoms in total. The highest BCUT2D eigenvalue weighted by Gasteiger charge is 2.12. The van der Waals surface area contributed by atoms with E-state index in [-0.39, 0.29) is 11.4 Å². The van der Waals surface area contributed by atoms with Gasteiger partial charge in [-0.05, 0) is 59.3 Å². The van der Waals surface area contributed by atoms with Crippen LogP contribution < -0.4 is 15.6 Å². The van der Waals surface area contributed by atoms with Crippen LogP contribution in [0.2, 0.25) is 0 Å². The Balaban J connectivity index is 1.52. The maximum atomic E-state index is 13.1. The van der Waals surface area contributed by atoms with Crippen LogP contribution in [0.3, 0.4) is 0 Å². The second-order valence-electron chi connectivity index (χ2n) is 6.29. The first-order valence-electron chi connectivity index (χ1n) is 8.73. The molecule has 0 aliphatic rings. The number of fused-ring (bicyclic) bond motifs is 2. The van der Waals surface area contributed by atoms with E-state index < -0.39 is 0 Å². The number of thiophene rings is 1. The first-order valence-corrected chi connectivity index (χ1v) is 9.61. The summed E-state index contributed by atoms with van der Waals surface area (Å²) in [6.45, 7) is 0. The molecule has 0 aliphatic heterocycles. The van der Waals surface area contributed by atoms with Crippen molar-refractivity contribution in [2.24, 2.45) is 0 Å². The second-order valence-corrected chi connectivity index (χ2v) is 7.21. The summed E-state index contributed by atoms with van der Waals surface area (Å²) < 4.78 is 20.0. The third kappa shape index (κ3) is 3.53. The molecule has 3 heterocycles. The Morgan fingerprint density at radius 2 is 1.83 bits per heavy atom. The monoisotopic (exact) mass is 404 g/mol. The fourth-order valence-electron chi connectivity index (χ4n) is 2.93. The number of rotatable bonds is 4. The average molecular weight is 404 g/mol. The number of nitrogens with zero attached hydrogens (tertiary/aromatic N) is 2. The molecular formula is C21H13FN4O2S. The van der Waals surface area contributed by atoms with E-state index in [1.807, 2.05) is 23.6 Å². The molecule has 0 spiro atoms. The van der Waals surface area contributed by atoms with Crippen LogP contribution in [-0.2, 0) is 0 Å². The molecule has 0 radical (unpaired) electrons. The summed E-state index contributed by atoms with van der Waals surface area (Å²) >= 11 is 1.47. The lowest BCUT2D eigenvalue weighted by molar-refractivity contribution is 0.470. The minimum Gasteiger partial charge on any atom is -0.437 e. The number of nitrogens with one attached hydrogen (secondary N) is 2. The van der Waals surface area contributed by atoms with Crippen molar-refractivity contribution >= 4 is 44.1 Å². The summed E-state index contributed by atoms with van der Waals surface area (Å²) in [4.78, 5) is 23.3. The lowest BCUT2D eigenvalue weighted by atomic mass is 10.2. The van der Waals surface area contributed by atoms with Gasteiger partial charge in [-0.25, -0.2) is 9.37 Å². The predicted molar refractivity (Wildman–Crippen MR) is 112 cm³/mol. The Labute approximate surface area is 167 Å². The number of hydrogen-bond donors (Lipinski definition) is 2. The van der Waals surface area contributed by atoms with Gasteiger partial charge in [-0.15, -0.1) is 11.3 Å². The summed E-state index contributed by atoms with van der Waals surface area (Å²) in [6.07, 6.45) is 0. The van der Waals surface area contributed by atoms with Crippen molar-refractivity contribution in [1.82, 2.24) is 15.0 Å². The third-order valence-electron chi connectivity index (χ3n) is 4.28. The lowest BCUT2D eigenvalue weighted by Crippen LogP contribution is -2.02. The minimum atomic E-state index is -0.317. The molecule has 0 bridgehead atoms. The zero-order valence-corrected chi connectivity index (χ0v) is 15.7. The number of hydrogen-bond acceptors (Lipinski definition) is 6. The van der Waals surface area contributed by atoms with E-state index >= 15 is 0 Å². The fraction of sp³-hybridized carbons (Fsp3) is 0. The summed E-state index contributed by atoms with van der Waals surface area (Å²) in [5.41, 5.74) is 1.90. The number of aromatic amines is 1. The molecule has 2 aromatic carbocycles. The highest BCUT2D eigenvalue weighted by atomic mass is 32.1. The van der Waals surface area contributed by atoms with Crippen LogP contribution in [0, 0.1) is 5.82 Å². The first-order chi connectivity index (χ1) is 14.1. The SMILES string of the molecule is O=c1ccc2ccc(Oc3nc(Nc4ccc(F)cc4)nc4ccsc34)cc2[nH]1. The summed E-state index contributed by atoms with van der Waals surface area (Å²) in [5.74, 6) is 0.961. The molecule has 29 heavy (non-hydrogen) atoms. The summed E-state index contributed by atoms with van der Waals surface area (Å²) in [7, 11) is 0. The lowest BCUT2D eigenvalue weighted by Gasteiger charge is -2.10. The highest BCUT2D eigenvalue weighted by molar-refractivity contribution is 7.17. The van der Waals surface area contributed by atoms with Crippen molar-refractivity contribution in [1.29, 1.82) is 0 Å². The molecule has 0 amide bonds. The zero-order valence-electron chi connectivity index (χ0n) is 14.8. The Morgan fingerprint density at radius 3 is 2.69 bits per heavy atom. The van der Waals surface area contributed by atoms with Crippen molar-refractivity contribution < 1.29 is 9.13 Å². The van der Waals surface area contributed by atoms with Gasteiger partial charge in [0.25, 0.3) is 0 Å². The van der Waals surface area contributed by atoms with Gasteiger partial charge in [-0.3, -0.25) is 4.79 Å². The molecule has 0 atom stereocenters. The molecule has 2 N–H and O–H groups in total. The largest absolute Gasteiger partial charge is 0.437 e. The molecule has 0 fully saturated rings. The molecule has 0 saturated carbocycles. The smallest absolute Gasteiger partial charge is 0.248 e. The Hall–Kier alpha value is -3.78. The zero-order chi connectivity index (χ0) is 19.8. The number of H-pyrrole nitrogens is 1. The molecule has 0 saturated heterocycles. The molecule has 5 rings (SSSR count). The topological polar surface area (TPSA) is 79.9 Å². The Bertz CT molecular complexity index is 1400. The first kappa shape index (κ1) is 17.3. The molecule has 0 aliphatic carbocycles. The van der Waals surface area contributed by atoms with Crippen LogP contribution in [-0.4, -0.2) is 15.0 Å². The molecular weight excluding hydrogens is 391 g/mol. The van der Waals surface area contributed by atoms with Crippen molar-refractivity contribution in [3.8, 4) is 11.6 Å². The molecule has 3 aromatic heterocycles. The maximum absolute atomic E-state index is 13.1. The van der Waals surface area contributed by atoms with Crippen molar-refractivity contribution in [2.45, 2.75) is 0 Å². The van der Waals surface area contributed by atoms with Gasteiger partial charge in [-0.1, -0.05) is 0 Å². The highest BCUT2D eigenvalue weighted by Crippen LogP contribution is 2.33. The second kappa shape index (κ2) is 6.99. The van der Waals surface area contributed by atoms with Gasteiger partial charge in [0.2, 0.25) is 17.4 Å². The maximum Gasteiger partial charge on any atom is 0.248 e. The molecule has 5 aromatic rings. The minimum absolute atomic E-state index is 0.178. The van der Waals surface area contributed by atoms with E-state index in [2.05, 4.69) is 20.3 Å². The van der Waals surface area contributed by atoms with Crippen LogP contribution in [0.25, 0.3) is 21.1 Å². The van der Waals surface area contributed by atoms with Crippen LogP contribution in [0.1, 0.15) is 0 Å². The fourth-order valence-corrected chi connectivity index (χ4v) is 3.68. The van der Waals surface area contributed by atoms with Crippen molar-refractivity contribution in [2.75, 3.05) is 5.32 Å². The average Bonchev–Trinajstić information content (AvgIpc) is 3.18. The van der Waals surface area contributed by atoms with Gasteiger partial charge >= 0.3 is 0 Å². The van der Waals surface area contributed by atoms with Gasteiger partial charge in [0.1, 0.15) is 16.3 Å². The van der Waals surface area contributed by atoms with E-state index in [0.29, 0.717) is 28.8 Å². The van der Waals surface area contributed by atoms with Crippen LogP contribution in [0.4, 0.5) is 16.0 Å². The van der Waals surface area contributed by atoms with Crippen LogP contribution >= 0.6 is 11.3 Å². The van der Waals surface area contributed by atoms with Crippen molar-refractivity contribution in [3.63, 3.8) is 0 Å². The normalized spacial score (nSPS) is 11.1. The summed E-state index contributed by atoms with van der Waals surface area (Å²) in [5, 5.41) is 5.88. The Kier molecular flexibility index (Phi) is 4.18. The molecule has 8 heteroatoms. The van der Waals surface area contributed by atoms with Gasteiger partial charge in [0, 0.05) is 17.8 Å². The van der Waals surface area contributed by atoms with Gasteiger partial charge in [0.05, 0.1) is 11.0 Å². The van der Waals surface area contributed by atoms with Crippen molar-refractivity contribution in [3.05, 3.63) is 82.2 Å². The predicted octanol–water partition coefficient (Wildman–Crippen LogP) is 5.21. The Morgan fingerprint density at radius 1 is 1.00 bits per heavy atom. The van der Waals surface area contributed by atoms with E-state index in [1.165, 1.54) is 29.5 Å².